The summed E-state index contributed by atoms with van der Waals surface area (Å²) in [5, 5.41) is -0.604. The van der Waals surface area contributed by atoms with E-state index in [1.54, 1.807) is 13.1 Å². The van der Waals surface area contributed by atoms with Crippen LogP contribution in [0.1, 0.15) is 5.56 Å². The number of aromatic nitrogens is 3. The first kappa shape index (κ1) is 22.7. The number of alkyl halides is 3. The topological polar surface area (TPSA) is 106 Å². The molecule has 0 aliphatic carbocycles. The van der Waals surface area contributed by atoms with Gasteiger partial charge in [0.25, 0.3) is 10.0 Å². The maximum atomic E-state index is 13.1. The molecule has 0 unspecified atom stereocenters. The average molecular weight is 499 g/mol. The number of imidazole rings is 1. The Morgan fingerprint density at radius 2 is 1.82 bits per heavy atom. The number of nitrogens with zero attached hydrogens (tertiary/aromatic N) is 2. The number of aromatic amines is 1. The van der Waals surface area contributed by atoms with Crippen molar-refractivity contribution in [2.45, 2.75) is 11.1 Å². The highest BCUT2D eigenvalue weighted by Gasteiger charge is 2.34. The molecule has 0 atom stereocenters. The van der Waals surface area contributed by atoms with Crippen LogP contribution in [0.2, 0.25) is 5.02 Å². The van der Waals surface area contributed by atoms with Gasteiger partial charge in [-0.3, -0.25) is 14.3 Å². The Morgan fingerprint density at radius 1 is 1.12 bits per heavy atom. The minimum atomic E-state index is -4.80. The normalized spacial score (nSPS) is 12.2. The van der Waals surface area contributed by atoms with E-state index in [2.05, 4.69) is 14.7 Å². The van der Waals surface area contributed by atoms with Gasteiger partial charge >= 0.3 is 11.9 Å². The predicted octanol–water partition coefficient (Wildman–Crippen LogP) is 4.53. The molecule has 0 saturated heterocycles. The number of H-pyrrole nitrogens is 1. The van der Waals surface area contributed by atoms with Crippen molar-refractivity contribution in [3.63, 3.8) is 0 Å². The number of aryl methyl sites for hydroxylation is 1. The summed E-state index contributed by atoms with van der Waals surface area (Å²) >= 11 is 5.55. The SMILES string of the molecule is Cn1c(=O)[nH]c2nccc(Oc3ccc(NS(=O)(=O)c4ccc(Cl)c(C(F)(F)F)c4)cc3)c21. The lowest BCUT2D eigenvalue weighted by Crippen LogP contribution is -2.15. The van der Waals surface area contributed by atoms with E-state index in [1.165, 1.54) is 35.0 Å². The van der Waals surface area contributed by atoms with Gasteiger partial charge in [0.15, 0.2) is 11.4 Å². The van der Waals surface area contributed by atoms with Crippen LogP contribution in [0, 0.1) is 0 Å². The second kappa shape index (κ2) is 8.12. The number of fused-ring (bicyclic) bond motifs is 1. The van der Waals surface area contributed by atoms with Gasteiger partial charge in [0.1, 0.15) is 11.3 Å². The molecule has 0 spiro atoms. The molecule has 0 fully saturated rings. The average Bonchev–Trinajstić information content (AvgIpc) is 3.03. The molecule has 2 heterocycles. The van der Waals surface area contributed by atoms with Crippen LogP contribution in [-0.4, -0.2) is 23.0 Å². The third kappa shape index (κ3) is 4.52. The van der Waals surface area contributed by atoms with Crippen molar-refractivity contribution >= 4 is 38.5 Å². The third-order valence-electron chi connectivity index (χ3n) is 4.64. The van der Waals surface area contributed by atoms with Crippen molar-refractivity contribution in [2.24, 2.45) is 7.05 Å². The number of pyridine rings is 1. The third-order valence-corrected chi connectivity index (χ3v) is 6.35. The second-order valence-corrected chi connectivity index (χ2v) is 8.96. The summed E-state index contributed by atoms with van der Waals surface area (Å²) in [7, 11) is -2.77. The lowest BCUT2D eigenvalue weighted by Gasteiger charge is -2.13. The molecule has 2 N–H and O–H groups in total. The largest absolute Gasteiger partial charge is 0.455 e. The van der Waals surface area contributed by atoms with Crippen molar-refractivity contribution in [2.75, 3.05) is 4.72 Å². The van der Waals surface area contributed by atoms with Crippen molar-refractivity contribution in [3.8, 4) is 11.5 Å². The van der Waals surface area contributed by atoms with Crippen molar-refractivity contribution < 1.29 is 26.3 Å². The summed E-state index contributed by atoms with van der Waals surface area (Å²) in [5.74, 6) is 0.667. The highest BCUT2D eigenvalue weighted by molar-refractivity contribution is 7.92. The molecule has 0 aliphatic heterocycles. The quantitative estimate of drug-likeness (QED) is 0.420. The second-order valence-electron chi connectivity index (χ2n) is 6.87. The fourth-order valence-electron chi connectivity index (χ4n) is 3.04. The van der Waals surface area contributed by atoms with E-state index in [4.69, 9.17) is 16.3 Å². The van der Waals surface area contributed by atoms with Crippen LogP contribution in [0.4, 0.5) is 18.9 Å². The fourth-order valence-corrected chi connectivity index (χ4v) is 4.35. The first-order valence-corrected chi connectivity index (χ1v) is 11.0. The number of rotatable bonds is 5. The molecule has 172 valence electrons. The zero-order valence-electron chi connectivity index (χ0n) is 16.6. The molecule has 0 radical (unpaired) electrons. The summed E-state index contributed by atoms with van der Waals surface area (Å²) in [6.07, 6.45) is -3.35. The van der Waals surface area contributed by atoms with Gasteiger partial charge in [-0.1, -0.05) is 11.6 Å². The van der Waals surface area contributed by atoms with E-state index in [0.717, 1.165) is 12.1 Å². The Bertz CT molecular complexity index is 1510. The number of benzene rings is 2. The van der Waals surface area contributed by atoms with Crippen LogP contribution in [0.25, 0.3) is 11.2 Å². The molecule has 2 aromatic carbocycles. The number of hydrogen-bond acceptors (Lipinski definition) is 5. The van der Waals surface area contributed by atoms with E-state index in [0.29, 0.717) is 28.7 Å². The fraction of sp³-hybridized carbons (Fsp3) is 0.100. The highest BCUT2D eigenvalue weighted by Crippen LogP contribution is 2.36. The maximum absolute atomic E-state index is 13.1. The maximum Gasteiger partial charge on any atom is 0.417 e. The Morgan fingerprint density at radius 3 is 2.48 bits per heavy atom. The Balaban J connectivity index is 1.57. The molecular weight excluding hydrogens is 485 g/mol. The van der Waals surface area contributed by atoms with E-state index in [-0.39, 0.29) is 11.4 Å². The zero-order chi connectivity index (χ0) is 24.0. The van der Waals surface area contributed by atoms with Gasteiger partial charge in [-0.25, -0.2) is 18.2 Å². The molecule has 4 aromatic rings. The summed E-state index contributed by atoms with van der Waals surface area (Å²) < 4.78 is 73.6. The first-order valence-electron chi connectivity index (χ1n) is 9.17. The summed E-state index contributed by atoms with van der Waals surface area (Å²) in [6, 6.07) is 9.55. The molecule has 0 saturated carbocycles. The number of nitrogens with one attached hydrogen (secondary N) is 2. The summed E-state index contributed by atoms with van der Waals surface area (Å²) in [6.45, 7) is 0. The van der Waals surface area contributed by atoms with Crippen LogP contribution in [0.5, 0.6) is 11.5 Å². The van der Waals surface area contributed by atoms with E-state index < -0.39 is 31.7 Å². The van der Waals surface area contributed by atoms with Gasteiger partial charge in [0.2, 0.25) is 0 Å². The summed E-state index contributed by atoms with van der Waals surface area (Å²) in [4.78, 5) is 17.9. The van der Waals surface area contributed by atoms with Crippen LogP contribution in [-0.2, 0) is 23.2 Å². The molecule has 33 heavy (non-hydrogen) atoms. The van der Waals surface area contributed by atoms with Crippen molar-refractivity contribution in [1.29, 1.82) is 0 Å². The minimum absolute atomic E-state index is 0.0970. The predicted molar refractivity (Wildman–Crippen MR) is 115 cm³/mol. The standard InChI is InChI=1S/C20H14ClF3N4O4S/c1-28-17-16(8-9-25-18(17)26-19(28)29)32-12-4-2-11(3-5-12)27-33(30,31)13-6-7-15(21)14(10-13)20(22,23)24/h2-10,27H,1H3,(H,25,26,29). The highest BCUT2D eigenvalue weighted by atomic mass is 35.5. The molecule has 0 aliphatic rings. The van der Waals surface area contributed by atoms with Gasteiger partial charge in [0.05, 0.1) is 15.5 Å². The summed E-state index contributed by atoms with van der Waals surface area (Å²) in [5.41, 5.74) is -0.742. The van der Waals surface area contributed by atoms with Crippen molar-refractivity contribution in [1.82, 2.24) is 14.5 Å². The van der Waals surface area contributed by atoms with Gasteiger partial charge in [-0.05, 0) is 42.5 Å². The molecular formula is C20H14ClF3N4O4S. The van der Waals surface area contributed by atoms with Gasteiger partial charge < -0.3 is 4.74 Å². The Hall–Kier alpha value is -3.51. The zero-order valence-corrected chi connectivity index (χ0v) is 18.2. The molecule has 4 rings (SSSR count). The number of ether oxygens (including phenoxy) is 1. The van der Waals surface area contributed by atoms with Crippen LogP contribution >= 0.6 is 11.6 Å². The van der Waals surface area contributed by atoms with E-state index in [1.807, 2.05) is 0 Å². The van der Waals surface area contributed by atoms with E-state index in [9.17, 15) is 26.4 Å². The lowest BCUT2D eigenvalue weighted by molar-refractivity contribution is -0.137. The molecule has 0 amide bonds. The Labute approximate surface area is 189 Å². The van der Waals surface area contributed by atoms with Crippen molar-refractivity contribution in [3.05, 3.63) is 75.8 Å². The minimum Gasteiger partial charge on any atom is -0.455 e. The van der Waals surface area contributed by atoms with Gasteiger partial charge in [-0.2, -0.15) is 13.2 Å². The van der Waals surface area contributed by atoms with Gasteiger partial charge in [-0.15, -0.1) is 0 Å². The van der Waals surface area contributed by atoms with Crippen LogP contribution in [0.15, 0.2) is 64.4 Å². The lowest BCUT2D eigenvalue weighted by atomic mass is 10.2. The monoisotopic (exact) mass is 498 g/mol. The smallest absolute Gasteiger partial charge is 0.417 e. The molecule has 2 aromatic heterocycles. The molecule has 8 nitrogen and oxygen atoms in total. The van der Waals surface area contributed by atoms with E-state index >= 15 is 0 Å². The van der Waals surface area contributed by atoms with Gasteiger partial charge in [0, 0.05) is 25.0 Å². The number of sulfonamides is 1. The molecule has 0 bridgehead atoms. The van der Waals surface area contributed by atoms with Crippen LogP contribution in [0.3, 0.4) is 0 Å². The first-order chi connectivity index (χ1) is 15.5. The molecule has 13 heteroatoms. The number of hydrogen-bond donors (Lipinski definition) is 2. The number of halogens is 4. The number of anilines is 1. The Kier molecular flexibility index (Phi) is 5.58. The van der Waals surface area contributed by atoms with Crippen LogP contribution < -0.4 is 15.1 Å².